The number of carboxylic acids is 2. The minimum absolute atomic E-state index is 0.0889. The highest BCUT2D eigenvalue weighted by Gasteiger charge is 2.29. The molecule has 0 aliphatic carbocycles. The minimum Gasteiger partial charge on any atom is -0.542 e. The van der Waals surface area contributed by atoms with Crippen LogP contribution < -0.4 is 32.3 Å². The SMILES string of the molecule is O=C([O-])C(F)(F)F.O=C([O-])C(F)(F)F.[NH3+]CCC(=O)Nc1ccccc1-c1ccc(-c2ccccc2NC(=O)CC[NH3+])nn1. The predicted octanol–water partition coefficient (Wildman–Crippen LogP) is -0.451. The molecular weight excluding hydrogens is 606 g/mol. The zero-order chi connectivity index (χ0) is 33.5. The lowest BCUT2D eigenvalue weighted by atomic mass is 10.1. The molecule has 0 bridgehead atoms. The molecule has 2 amide bonds. The summed E-state index contributed by atoms with van der Waals surface area (Å²) >= 11 is 0. The fourth-order valence-electron chi connectivity index (χ4n) is 3.00. The Balaban J connectivity index is 0.000000574. The molecule has 238 valence electrons. The van der Waals surface area contributed by atoms with E-state index in [1.165, 1.54) is 0 Å². The van der Waals surface area contributed by atoms with Crippen LogP contribution in [0.5, 0.6) is 0 Å². The largest absolute Gasteiger partial charge is 0.542 e. The number of amides is 2. The topological polar surface area (TPSA) is 220 Å². The average molecular weight is 633 g/mol. The van der Waals surface area contributed by atoms with Gasteiger partial charge in [0, 0.05) is 11.1 Å². The number of carboxylic acid groups (broad SMARTS) is 2. The number of quaternary nitrogens is 2. The highest BCUT2D eigenvalue weighted by atomic mass is 19.4. The number of nitrogens with zero attached hydrogens (tertiary/aromatic N) is 2. The number of alkyl halides is 6. The Morgan fingerprint density at radius 3 is 1.16 bits per heavy atom. The first-order chi connectivity index (χ1) is 20.5. The molecule has 1 heterocycles. The van der Waals surface area contributed by atoms with Gasteiger partial charge in [-0.15, -0.1) is 10.2 Å². The van der Waals surface area contributed by atoms with Crippen molar-refractivity contribution in [1.82, 2.24) is 10.2 Å². The summed E-state index contributed by atoms with van der Waals surface area (Å²) in [6, 6.07) is 18.6. The van der Waals surface area contributed by atoms with E-state index in [0.29, 0.717) is 48.7 Å². The average Bonchev–Trinajstić information content (AvgIpc) is 2.94. The second-order valence-electron chi connectivity index (χ2n) is 8.27. The van der Waals surface area contributed by atoms with Crippen molar-refractivity contribution in [2.45, 2.75) is 25.2 Å². The number of nitrogens with one attached hydrogen (secondary N) is 2. The third-order valence-electron chi connectivity index (χ3n) is 4.89. The van der Waals surface area contributed by atoms with Gasteiger partial charge in [-0.2, -0.15) is 26.3 Å². The first kappa shape index (κ1) is 36.9. The molecule has 0 fully saturated rings. The molecule has 8 N–H and O–H groups in total. The number of halogens is 6. The Morgan fingerprint density at radius 2 is 0.909 bits per heavy atom. The van der Waals surface area contributed by atoms with Crippen LogP contribution in [0.3, 0.4) is 0 Å². The standard InChI is InChI=1S/C22H24N6O2.2C2HF3O2/c23-13-11-21(29)25-17-7-3-1-5-15(17)19-9-10-20(28-27-19)16-6-2-4-8-18(16)26-22(30)12-14-24;2*3-2(4,5)1(6)7/h1-10H,11-14,23-24H2,(H,25,29)(H,26,30);2*(H,6,7). The van der Waals surface area contributed by atoms with E-state index in [-0.39, 0.29) is 11.8 Å². The number of benzene rings is 2. The summed E-state index contributed by atoms with van der Waals surface area (Å²) in [7, 11) is 0. The third-order valence-corrected chi connectivity index (χ3v) is 4.89. The Kier molecular flexibility index (Phi) is 14.4. The summed E-state index contributed by atoms with van der Waals surface area (Å²) in [4.78, 5) is 41.5. The number of aromatic nitrogens is 2. The predicted molar refractivity (Wildman–Crippen MR) is 137 cm³/mol. The van der Waals surface area contributed by atoms with Crippen LogP contribution in [0.1, 0.15) is 12.8 Å². The maximum Gasteiger partial charge on any atom is 0.430 e. The minimum atomic E-state index is -5.19. The maximum atomic E-state index is 12.0. The summed E-state index contributed by atoms with van der Waals surface area (Å²) in [5, 5.41) is 32.1. The summed E-state index contributed by atoms with van der Waals surface area (Å²) in [5.41, 5.74) is 11.6. The highest BCUT2D eigenvalue weighted by Crippen LogP contribution is 2.30. The number of carbonyl (C=O) groups is 4. The van der Waals surface area contributed by atoms with Crippen molar-refractivity contribution < 1.29 is 67.2 Å². The van der Waals surface area contributed by atoms with Crippen LogP contribution in [-0.4, -0.2) is 59.4 Å². The zero-order valence-corrected chi connectivity index (χ0v) is 22.6. The molecule has 18 heteroatoms. The maximum absolute atomic E-state index is 12.0. The smallest absolute Gasteiger partial charge is 0.430 e. The van der Waals surface area contributed by atoms with Crippen LogP contribution in [0.4, 0.5) is 37.7 Å². The van der Waals surface area contributed by atoms with Gasteiger partial charge in [0.1, 0.15) is 11.9 Å². The number of aliphatic carboxylic acids is 2. The molecule has 3 rings (SSSR count). The lowest BCUT2D eigenvalue weighted by molar-refractivity contribution is -0.366. The summed E-state index contributed by atoms with van der Waals surface area (Å²) < 4.78 is 63.1. The molecule has 0 aliphatic rings. The van der Waals surface area contributed by atoms with Crippen molar-refractivity contribution in [2.24, 2.45) is 0 Å². The van der Waals surface area contributed by atoms with Crippen molar-refractivity contribution in [3.05, 3.63) is 60.7 Å². The molecule has 0 spiro atoms. The van der Waals surface area contributed by atoms with E-state index in [0.717, 1.165) is 11.1 Å². The van der Waals surface area contributed by atoms with E-state index in [1.54, 1.807) is 0 Å². The molecule has 2 aromatic carbocycles. The van der Waals surface area contributed by atoms with Crippen LogP contribution in [0.15, 0.2) is 60.7 Å². The fraction of sp³-hybridized carbons (Fsp3) is 0.231. The fourth-order valence-corrected chi connectivity index (χ4v) is 3.00. The highest BCUT2D eigenvalue weighted by molar-refractivity contribution is 5.96. The van der Waals surface area contributed by atoms with Gasteiger partial charge in [0.05, 0.1) is 48.7 Å². The molecule has 44 heavy (non-hydrogen) atoms. The van der Waals surface area contributed by atoms with E-state index in [9.17, 15) is 35.9 Å². The van der Waals surface area contributed by atoms with E-state index in [2.05, 4.69) is 32.3 Å². The van der Waals surface area contributed by atoms with Gasteiger partial charge < -0.3 is 41.9 Å². The number of hydrogen-bond acceptors (Lipinski definition) is 8. The Labute approximate surface area is 245 Å². The van der Waals surface area contributed by atoms with E-state index >= 15 is 0 Å². The van der Waals surface area contributed by atoms with E-state index in [4.69, 9.17) is 19.8 Å². The molecule has 0 atom stereocenters. The molecular formula is C26H26F6N6O6. The summed E-state index contributed by atoms with van der Waals surface area (Å²) in [6.07, 6.45) is -9.68. The molecule has 0 saturated carbocycles. The number of para-hydroxylation sites is 2. The lowest BCUT2D eigenvalue weighted by Gasteiger charge is -2.12. The Hall–Kier alpha value is -5.10. The number of anilines is 2. The van der Waals surface area contributed by atoms with Crippen molar-refractivity contribution >= 4 is 35.1 Å². The van der Waals surface area contributed by atoms with Crippen molar-refractivity contribution in [1.29, 1.82) is 0 Å². The lowest BCUT2D eigenvalue weighted by Crippen LogP contribution is -2.51. The van der Waals surface area contributed by atoms with Gasteiger partial charge in [-0.25, -0.2) is 0 Å². The van der Waals surface area contributed by atoms with Crippen molar-refractivity contribution in [3.8, 4) is 22.5 Å². The van der Waals surface area contributed by atoms with Gasteiger partial charge in [0.25, 0.3) is 0 Å². The van der Waals surface area contributed by atoms with Crippen LogP contribution in [-0.2, 0) is 19.2 Å². The van der Waals surface area contributed by atoms with E-state index in [1.807, 2.05) is 60.7 Å². The molecule has 3 aromatic rings. The number of rotatable bonds is 8. The molecule has 12 nitrogen and oxygen atoms in total. The number of hydrogen-bond donors (Lipinski definition) is 4. The molecule has 0 aliphatic heterocycles. The van der Waals surface area contributed by atoms with Gasteiger partial charge in [0.2, 0.25) is 11.8 Å². The molecule has 1 aromatic heterocycles. The summed E-state index contributed by atoms with van der Waals surface area (Å²) in [6.45, 7) is 1.07. The van der Waals surface area contributed by atoms with Crippen molar-refractivity contribution in [2.75, 3.05) is 23.7 Å². The first-order valence-electron chi connectivity index (χ1n) is 12.3. The second-order valence-corrected chi connectivity index (χ2v) is 8.27. The van der Waals surface area contributed by atoms with Crippen LogP contribution in [0.2, 0.25) is 0 Å². The number of carbonyl (C=O) groups excluding carboxylic acids is 4. The van der Waals surface area contributed by atoms with Crippen LogP contribution in [0, 0.1) is 0 Å². The van der Waals surface area contributed by atoms with Crippen LogP contribution >= 0.6 is 0 Å². The first-order valence-corrected chi connectivity index (χ1v) is 12.3. The second kappa shape index (κ2) is 17.1. The van der Waals surface area contributed by atoms with Crippen LogP contribution in [0.25, 0.3) is 22.5 Å². The van der Waals surface area contributed by atoms with Crippen molar-refractivity contribution in [3.63, 3.8) is 0 Å². The van der Waals surface area contributed by atoms with Gasteiger partial charge in [0.15, 0.2) is 0 Å². The molecule has 0 saturated heterocycles. The molecule has 0 unspecified atom stereocenters. The monoisotopic (exact) mass is 632 g/mol. The summed E-state index contributed by atoms with van der Waals surface area (Å²) in [5.74, 6) is -6.19. The van der Waals surface area contributed by atoms with Gasteiger partial charge >= 0.3 is 12.4 Å². The van der Waals surface area contributed by atoms with Gasteiger partial charge in [-0.05, 0) is 24.3 Å². The van der Waals surface area contributed by atoms with Gasteiger partial charge in [-0.3, -0.25) is 9.59 Å². The zero-order valence-electron chi connectivity index (χ0n) is 22.6. The normalized spacial score (nSPS) is 10.7. The Bertz CT molecular complexity index is 1310. The van der Waals surface area contributed by atoms with Gasteiger partial charge in [-0.1, -0.05) is 36.4 Å². The molecule has 0 radical (unpaired) electrons. The third kappa shape index (κ3) is 12.8. The Morgan fingerprint density at radius 1 is 0.614 bits per heavy atom. The quantitative estimate of drug-likeness (QED) is 0.238. The van der Waals surface area contributed by atoms with E-state index < -0.39 is 24.3 Å².